The number of nitrogens with one attached hydrogen (secondary N) is 1. The third-order valence-electron chi connectivity index (χ3n) is 3.35. The zero-order valence-electron chi connectivity index (χ0n) is 11.4. The average Bonchev–Trinajstić information content (AvgIpc) is 2.92. The Bertz CT molecular complexity index is 969. The van der Waals surface area contributed by atoms with E-state index in [1.807, 2.05) is 0 Å². The summed E-state index contributed by atoms with van der Waals surface area (Å²) in [6, 6.07) is 3.14. The predicted molar refractivity (Wildman–Crippen MR) is 79.4 cm³/mol. The van der Waals surface area contributed by atoms with Crippen molar-refractivity contribution in [3.8, 4) is 0 Å². The summed E-state index contributed by atoms with van der Waals surface area (Å²) in [7, 11) is 0. The number of aromatic amines is 1. The fourth-order valence-corrected chi connectivity index (χ4v) is 2.53. The van der Waals surface area contributed by atoms with E-state index in [9.17, 15) is 18.4 Å². The maximum absolute atomic E-state index is 14.3. The van der Waals surface area contributed by atoms with Crippen molar-refractivity contribution in [2.24, 2.45) is 5.73 Å². The molecule has 0 aliphatic carbocycles. The molecule has 2 aromatic heterocycles. The molecule has 0 saturated heterocycles. The smallest absolute Gasteiger partial charge is 0.251 e. The second-order valence-electron chi connectivity index (χ2n) is 4.70. The highest BCUT2D eigenvalue weighted by Gasteiger charge is 2.26. The molecule has 0 aliphatic rings. The molecule has 8 heteroatoms. The second kappa shape index (κ2) is 5.44. The second-order valence-corrected chi connectivity index (χ2v) is 5.10. The average molecular weight is 336 g/mol. The number of aromatic nitrogens is 2. The third kappa shape index (κ3) is 2.35. The Labute approximate surface area is 133 Å². The lowest BCUT2D eigenvalue weighted by molar-refractivity contribution is 0.0996. The van der Waals surface area contributed by atoms with Crippen molar-refractivity contribution in [3.05, 3.63) is 63.9 Å². The van der Waals surface area contributed by atoms with Crippen molar-refractivity contribution in [1.29, 1.82) is 0 Å². The van der Waals surface area contributed by atoms with Gasteiger partial charge in [-0.25, -0.2) is 13.8 Å². The Morgan fingerprint density at radius 3 is 2.61 bits per heavy atom. The van der Waals surface area contributed by atoms with E-state index < -0.39 is 34.5 Å². The van der Waals surface area contributed by atoms with Crippen molar-refractivity contribution in [2.45, 2.75) is 0 Å². The van der Waals surface area contributed by atoms with Crippen LogP contribution in [0.5, 0.6) is 0 Å². The molecule has 5 nitrogen and oxygen atoms in total. The van der Waals surface area contributed by atoms with E-state index in [0.29, 0.717) is 5.65 Å². The fraction of sp³-hybridized carbons (Fsp3) is 0. The molecule has 0 bridgehead atoms. The summed E-state index contributed by atoms with van der Waals surface area (Å²) in [6.07, 6.45) is 2.67. The number of carbonyl (C=O) groups is 2. The molecule has 0 atom stereocenters. The first kappa shape index (κ1) is 15.1. The molecular weight excluding hydrogens is 328 g/mol. The van der Waals surface area contributed by atoms with E-state index in [1.165, 1.54) is 18.5 Å². The van der Waals surface area contributed by atoms with Crippen LogP contribution in [-0.4, -0.2) is 21.7 Å². The van der Waals surface area contributed by atoms with Gasteiger partial charge in [-0.1, -0.05) is 11.6 Å². The maximum Gasteiger partial charge on any atom is 0.251 e. The van der Waals surface area contributed by atoms with Gasteiger partial charge in [0, 0.05) is 17.8 Å². The number of hydrogen-bond acceptors (Lipinski definition) is 3. The number of halogens is 3. The summed E-state index contributed by atoms with van der Waals surface area (Å²) < 4.78 is 28.3. The number of fused-ring (bicyclic) bond motifs is 1. The Morgan fingerprint density at radius 2 is 1.91 bits per heavy atom. The Hall–Kier alpha value is -2.80. The first-order chi connectivity index (χ1) is 10.9. The number of primary amides is 1. The van der Waals surface area contributed by atoms with Crippen molar-refractivity contribution in [1.82, 2.24) is 9.97 Å². The van der Waals surface area contributed by atoms with Gasteiger partial charge in [0.2, 0.25) is 5.78 Å². The van der Waals surface area contributed by atoms with Crippen LogP contribution in [0.4, 0.5) is 8.78 Å². The van der Waals surface area contributed by atoms with Crippen molar-refractivity contribution in [2.75, 3.05) is 0 Å². The van der Waals surface area contributed by atoms with Crippen molar-refractivity contribution >= 4 is 34.3 Å². The number of benzene rings is 1. The molecule has 23 heavy (non-hydrogen) atoms. The minimum absolute atomic E-state index is 0.0579. The molecule has 3 N–H and O–H groups in total. The van der Waals surface area contributed by atoms with Crippen LogP contribution < -0.4 is 5.73 Å². The molecule has 0 fully saturated rings. The summed E-state index contributed by atoms with van der Waals surface area (Å²) in [5.41, 5.74) is 3.81. The van der Waals surface area contributed by atoms with Crippen molar-refractivity contribution in [3.63, 3.8) is 0 Å². The highest BCUT2D eigenvalue weighted by Crippen LogP contribution is 2.28. The van der Waals surface area contributed by atoms with Gasteiger partial charge in [0.05, 0.1) is 21.7 Å². The monoisotopic (exact) mass is 335 g/mol. The molecule has 1 amide bonds. The van der Waals surface area contributed by atoms with E-state index >= 15 is 0 Å². The largest absolute Gasteiger partial charge is 0.366 e. The number of carbonyl (C=O) groups excluding carboxylic acids is 2. The van der Waals surface area contributed by atoms with E-state index in [-0.39, 0.29) is 16.0 Å². The highest BCUT2D eigenvalue weighted by molar-refractivity contribution is 6.37. The Kier molecular flexibility index (Phi) is 3.57. The van der Waals surface area contributed by atoms with Crippen LogP contribution in [0.3, 0.4) is 0 Å². The van der Waals surface area contributed by atoms with Crippen LogP contribution in [0.2, 0.25) is 5.02 Å². The van der Waals surface area contributed by atoms with Crippen LogP contribution in [0, 0.1) is 11.6 Å². The van der Waals surface area contributed by atoms with Gasteiger partial charge < -0.3 is 10.7 Å². The quantitative estimate of drug-likeness (QED) is 0.721. The van der Waals surface area contributed by atoms with Crippen LogP contribution >= 0.6 is 11.6 Å². The van der Waals surface area contributed by atoms with Crippen LogP contribution in [0.25, 0.3) is 11.0 Å². The van der Waals surface area contributed by atoms with E-state index in [2.05, 4.69) is 9.97 Å². The van der Waals surface area contributed by atoms with Crippen LogP contribution in [0.1, 0.15) is 26.3 Å². The zero-order valence-corrected chi connectivity index (χ0v) is 12.1. The lowest BCUT2D eigenvalue weighted by atomic mass is 9.99. The molecular formula is C15H8ClF2N3O2. The van der Waals surface area contributed by atoms with Crippen molar-refractivity contribution < 1.29 is 18.4 Å². The molecule has 0 aliphatic heterocycles. The fourth-order valence-electron chi connectivity index (χ4n) is 2.28. The van der Waals surface area contributed by atoms with Gasteiger partial charge in [-0.2, -0.15) is 0 Å². The van der Waals surface area contributed by atoms with E-state index in [1.54, 1.807) is 0 Å². The SMILES string of the molecule is NC(=O)c1ccc(F)c(C(=O)c2c[nH]c3nccc(Cl)c23)c1F. The summed E-state index contributed by atoms with van der Waals surface area (Å²) in [6.45, 7) is 0. The molecule has 116 valence electrons. The summed E-state index contributed by atoms with van der Waals surface area (Å²) in [5, 5.41) is 0.439. The standard InChI is InChI=1S/C15H8ClF2N3O2/c16-8-3-4-20-15-10(8)7(5-21-15)13(22)11-9(17)2-1-6(12(11)18)14(19)23/h1-5H,(H2,19,23)(H,20,21). The molecule has 0 spiro atoms. The van der Waals surface area contributed by atoms with Gasteiger partial charge in [0.1, 0.15) is 17.3 Å². The summed E-state index contributed by atoms with van der Waals surface area (Å²) in [4.78, 5) is 30.4. The third-order valence-corrected chi connectivity index (χ3v) is 3.67. The minimum atomic E-state index is -1.31. The number of pyridine rings is 1. The molecule has 2 heterocycles. The van der Waals surface area contributed by atoms with Gasteiger partial charge in [-0.3, -0.25) is 9.59 Å². The Morgan fingerprint density at radius 1 is 1.17 bits per heavy atom. The lowest BCUT2D eigenvalue weighted by Gasteiger charge is -2.07. The summed E-state index contributed by atoms with van der Waals surface area (Å²) in [5.74, 6) is -4.48. The number of H-pyrrole nitrogens is 1. The molecule has 0 radical (unpaired) electrons. The number of hydrogen-bond donors (Lipinski definition) is 2. The van der Waals surface area contributed by atoms with Gasteiger partial charge in [-0.05, 0) is 18.2 Å². The highest BCUT2D eigenvalue weighted by atomic mass is 35.5. The number of ketones is 1. The molecule has 3 aromatic rings. The minimum Gasteiger partial charge on any atom is -0.366 e. The van der Waals surface area contributed by atoms with Crippen LogP contribution in [-0.2, 0) is 0 Å². The number of rotatable bonds is 3. The first-order valence-electron chi connectivity index (χ1n) is 6.36. The zero-order chi connectivity index (χ0) is 16.7. The van der Waals surface area contributed by atoms with Gasteiger partial charge in [0.15, 0.2) is 0 Å². The number of amides is 1. The normalized spacial score (nSPS) is 10.9. The van der Waals surface area contributed by atoms with Gasteiger partial charge in [-0.15, -0.1) is 0 Å². The molecule has 1 aromatic carbocycles. The molecule has 0 saturated carbocycles. The number of nitrogens with two attached hydrogens (primary N) is 1. The molecule has 0 unspecified atom stereocenters. The van der Waals surface area contributed by atoms with Gasteiger partial charge >= 0.3 is 0 Å². The van der Waals surface area contributed by atoms with Crippen LogP contribution in [0.15, 0.2) is 30.6 Å². The topological polar surface area (TPSA) is 88.8 Å². The first-order valence-corrected chi connectivity index (χ1v) is 6.73. The molecule has 3 rings (SSSR count). The maximum atomic E-state index is 14.3. The number of nitrogens with zero attached hydrogens (tertiary/aromatic N) is 1. The van der Waals surface area contributed by atoms with E-state index in [0.717, 1.165) is 12.1 Å². The predicted octanol–water partition coefficient (Wildman–Crippen LogP) is 2.82. The lowest BCUT2D eigenvalue weighted by Crippen LogP contribution is -2.17. The van der Waals surface area contributed by atoms with Gasteiger partial charge in [0.25, 0.3) is 5.91 Å². The van der Waals surface area contributed by atoms with E-state index in [4.69, 9.17) is 17.3 Å². The summed E-state index contributed by atoms with van der Waals surface area (Å²) >= 11 is 6.02. The Balaban J connectivity index is 2.25.